The fourth-order valence-corrected chi connectivity index (χ4v) is 1.62. The molecule has 0 aromatic heterocycles. The molecule has 0 radical (unpaired) electrons. The zero-order valence-electron chi connectivity index (χ0n) is 9.77. The predicted molar refractivity (Wildman–Crippen MR) is 57.7 cm³/mol. The Morgan fingerprint density at radius 2 is 2.07 bits per heavy atom. The molecule has 90 valence electrons. The van der Waals surface area contributed by atoms with Crippen molar-refractivity contribution in [2.75, 3.05) is 13.7 Å². The van der Waals surface area contributed by atoms with Crippen LogP contribution in [0.4, 0.5) is 0 Å². The van der Waals surface area contributed by atoms with Gasteiger partial charge >= 0.3 is 5.97 Å². The van der Waals surface area contributed by atoms with E-state index in [9.17, 15) is 9.90 Å². The van der Waals surface area contributed by atoms with E-state index < -0.39 is 18.0 Å². The van der Waals surface area contributed by atoms with E-state index in [2.05, 4.69) is 0 Å². The molecule has 0 bridgehead atoms. The van der Waals surface area contributed by atoms with Crippen molar-refractivity contribution in [1.82, 2.24) is 0 Å². The van der Waals surface area contributed by atoms with Crippen LogP contribution in [0.15, 0.2) is 0 Å². The number of unbranched alkanes of at least 4 members (excludes halogenated alkanes) is 1. The van der Waals surface area contributed by atoms with E-state index in [4.69, 9.17) is 9.84 Å². The quantitative estimate of drug-likeness (QED) is 0.648. The van der Waals surface area contributed by atoms with Gasteiger partial charge in [0.05, 0.1) is 18.6 Å². The van der Waals surface area contributed by atoms with Gasteiger partial charge in [0.25, 0.3) is 0 Å². The minimum atomic E-state index is -0.918. The van der Waals surface area contributed by atoms with Crippen LogP contribution in [0.25, 0.3) is 0 Å². The van der Waals surface area contributed by atoms with Crippen molar-refractivity contribution in [1.29, 1.82) is 0 Å². The zero-order valence-corrected chi connectivity index (χ0v) is 9.77. The lowest BCUT2D eigenvalue weighted by molar-refractivity contribution is -0.148. The molecule has 0 fully saturated rings. The summed E-state index contributed by atoms with van der Waals surface area (Å²) in [4.78, 5) is 11.0. The Morgan fingerprint density at radius 3 is 2.47 bits per heavy atom. The monoisotopic (exact) mass is 218 g/mol. The zero-order chi connectivity index (χ0) is 11.8. The Kier molecular flexibility index (Phi) is 7.34. The molecule has 4 nitrogen and oxygen atoms in total. The van der Waals surface area contributed by atoms with Crippen LogP contribution in [0.2, 0.25) is 0 Å². The molecule has 0 aliphatic rings. The number of methoxy groups -OCH3 is 1. The van der Waals surface area contributed by atoms with Gasteiger partial charge < -0.3 is 14.9 Å². The average Bonchev–Trinajstić information content (AvgIpc) is 2.18. The molecule has 15 heavy (non-hydrogen) atoms. The molecule has 0 spiro atoms. The van der Waals surface area contributed by atoms with Crippen molar-refractivity contribution in [2.45, 2.75) is 39.2 Å². The van der Waals surface area contributed by atoms with Crippen molar-refractivity contribution in [2.24, 2.45) is 11.8 Å². The number of aliphatic hydroxyl groups is 1. The van der Waals surface area contributed by atoms with Crippen LogP contribution in [-0.4, -0.2) is 36.0 Å². The van der Waals surface area contributed by atoms with Gasteiger partial charge in [0.1, 0.15) is 0 Å². The first kappa shape index (κ1) is 14.4. The molecule has 2 N–H and O–H groups in total. The summed E-state index contributed by atoms with van der Waals surface area (Å²) < 4.78 is 4.91. The van der Waals surface area contributed by atoms with E-state index in [1.54, 1.807) is 14.0 Å². The number of aliphatic carboxylic acids is 1. The van der Waals surface area contributed by atoms with Crippen LogP contribution in [-0.2, 0) is 9.53 Å². The SMILES string of the molecule is CCCCC(C(=O)O)C(O)C(C)COC. The van der Waals surface area contributed by atoms with Crippen LogP contribution in [0.1, 0.15) is 33.1 Å². The van der Waals surface area contributed by atoms with Crippen LogP contribution in [0, 0.1) is 11.8 Å². The van der Waals surface area contributed by atoms with Crippen molar-refractivity contribution in [3.8, 4) is 0 Å². The highest BCUT2D eigenvalue weighted by Gasteiger charge is 2.29. The molecule has 0 saturated carbocycles. The van der Waals surface area contributed by atoms with E-state index >= 15 is 0 Å². The third kappa shape index (κ3) is 5.14. The predicted octanol–water partition coefficient (Wildman–Crippen LogP) is 1.52. The summed E-state index contributed by atoms with van der Waals surface area (Å²) in [6.45, 7) is 4.19. The smallest absolute Gasteiger partial charge is 0.309 e. The summed E-state index contributed by atoms with van der Waals surface area (Å²) in [6.07, 6.45) is 1.47. The molecule has 4 heteroatoms. The fraction of sp³-hybridized carbons (Fsp3) is 0.909. The molecule has 0 aliphatic carbocycles. The summed E-state index contributed by atoms with van der Waals surface area (Å²) in [5.41, 5.74) is 0. The summed E-state index contributed by atoms with van der Waals surface area (Å²) in [5, 5.41) is 18.8. The third-order valence-electron chi connectivity index (χ3n) is 2.61. The Hall–Kier alpha value is -0.610. The first-order chi connectivity index (χ1) is 7.04. The van der Waals surface area contributed by atoms with Crippen LogP contribution >= 0.6 is 0 Å². The number of hydrogen-bond acceptors (Lipinski definition) is 3. The van der Waals surface area contributed by atoms with Crippen molar-refractivity contribution < 1.29 is 19.7 Å². The van der Waals surface area contributed by atoms with Gasteiger partial charge in [0, 0.05) is 13.0 Å². The summed E-state index contributed by atoms with van der Waals surface area (Å²) in [7, 11) is 1.55. The number of carboxylic acid groups (broad SMARTS) is 1. The van der Waals surface area contributed by atoms with Gasteiger partial charge in [-0.25, -0.2) is 0 Å². The highest BCUT2D eigenvalue weighted by atomic mass is 16.5. The fourth-order valence-electron chi connectivity index (χ4n) is 1.62. The second-order valence-corrected chi connectivity index (χ2v) is 4.01. The van der Waals surface area contributed by atoms with Crippen molar-refractivity contribution >= 4 is 5.97 Å². The van der Waals surface area contributed by atoms with Crippen LogP contribution in [0.3, 0.4) is 0 Å². The summed E-state index contributed by atoms with van der Waals surface area (Å²) in [6, 6.07) is 0. The molecule has 3 atom stereocenters. The normalized spacial score (nSPS) is 17.1. The molecule has 0 aliphatic heterocycles. The van der Waals surface area contributed by atoms with Gasteiger partial charge in [-0.15, -0.1) is 0 Å². The molecular weight excluding hydrogens is 196 g/mol. The van der Waals surface area contributed by atoms with Gasteiger partial charge in [-0.05, 0) is 6.42 Å². The number of carbonyl (C=O) groups is 1. The molecule has 0 amide bonds. The maximum atomic E-state index is 11.0. The number of hydrogen-bond donors (Lipinski definition) is 2. The highest BCUT2D eigenvalue weighted by molar-refractivity contribution is 5.70. The van der Waals surface area contributed by atoms with Crippen LogP contribution in [0.5, 0.6) is 0 Å². The van der Waals surface area contributed by atoms with E-state index in [1.165, 1.54) is 0 Å². The molecule has 0 aromatic rings. The van der Waals surface area contributed by atoms with E-state index in [0.717, 1.165) is 12.8 Å². The minimum Gasteiger partial charge on any atom is -0.481 e. The first-order valence-electron chi connectivity index (χ1n) is 5.44. The lowest BCUT2D eigenvalue weighted by Crippen LogP contribution is -2.35. The lowest BCUT2D eigenvalue weighted by atomic mass is 9.88. The van der Waals surface area contributed by atoms with Gasteiger partial charge in [-0.3, -0.25) is 4.79 Å². The molecular formula is C11H22O4. The van der Waals surface area contributed by atoms with Crippen LogP contribution < -0.4 is 0 Å². The van der Waals surface area contributed by atoms with Gasteiger partial charge in [0.2, 0.25) is 0 Å². The van der Waals surface area contributed by atoms with Crippen molar-refractivity contribution in [3.05, 3.63) is 0 Å². The Labute approximate surface area is 91.3 Å². The second-order valence-electron chi connectivity index (χ2n) is 4.01. The molecule has 3 unspecified atom stereocenters. The van der Waals surface area contributed by atoms with Gasteiger partial charge in [-0.2, -0.15) is 0 Å². The number of rotatable bonds is 8. The maximum Gasteiger partial charge on any atom is 0.309 e. The Balaban J connectivity index is 4.26. The second kappa shape index (κ2) is 7.65. The number of aliphatic hydroxyl groups excluding tert-OH is 1. The molecule has 0 heterocycles. The van der Waals surface area contributed by atoms with E-state index in [1.807, 2.05) is 6.92 Å². The summed E-state index contributed by atoms with van der Waals surface area (Å²) >= 11 is 0. The summed E-state index contributed by atoms with van der Waals surface area (Å²) in [5.74, 6) is -1.73. The lowest BCUT2D eigenvalue weighted by Gasteiger charge is -2.24. The highest BCUT2D eigenvalue weighted by Crippen LogP contribution is 2.19. The van der Waals surface area contributed by atoms with Gasteiger partial charge in [-0.1, -0.05) is 26.7 Å². The maximum absolute atomic E-state index is 11.0. The Morgan fingerprint density at radius 1 is 1.47 bits per heavy atom. The van der Waals surface area contributed by atoms with E-state index in [0.29, 0.717) is 13.0 Å². The topological polar surface area (TPSA) is 66.8 Å². The third-order valence-corrected chi connectivity index (χ3v) is 2.61. The van der Waals surface area contributed by atoms with E-state index in [-0.39, 0.29) is 5.92 Å². The molecule has 0 aromatic carbocycles. The molecule has 0 saturated heterocycles. The van der Waals surface area contributed by atoms with Crippen molar-refractivity contribution in [3.63, 3.8) is 0 Å². The largest absolute Gasteiger partial charge is 0.481 e. The first-order valence-corrected chi connectivity index (χ1v) is 5.44. The number of ether oxygens (including phenoxy) is 1. The average molecular weight is 218 g/mol. The number of carboxylic acids is 1. The minimum absolute atomic E-state index is 0.145. The standard InChI is InChI=1S/C11H22O4/c1-4-5-6-9(11(13)14)10(12)8(2)7-15-3/h8-10,12H,4-7H2,1-3H3,(H,13,14). The molecule has 0 rings (SSSR count). The van der Waals surface area contributed by atoms with Gasteiger partial charge in [0.15, 0.2) is 0 Å². The Bertz CT molecular complexity index is 181.